The van der Waals surface area contributed by atoms with Crippen molar-refractivity contribution in [1.29, 1.82) is 0 Å². The second kappa shape index (κ2) is 8.59. The van der Waals surface area contributed by atoms with Gasteiger partial charge in [0, 0.05) is 34.4 Å². The van der Waals surface area contributed by atoms with Gasteiger partial charge in [-0.15, -0.1) is 0 Å². The van der Waals surface area contributed by atoms with E-state index in [1.165, 1.54) is 19.8 Å². The van der Waals surface area contributed by atoms with E-state index in [4.69, 9.17) is 0 Å². The van der Waals surface area contributed by atoms with Crippen LogP contribution in [0, 0.1) is 5.92 Å². The molecule has 0 radical (unpaired) electrons. The van der Waals surface area contributed by atoms with Gasteiger partial charge in [0.1, 0.15) is 0 Å². The van der Waals surface area contributed by atoms with Gasteiger partial charge < -0.3 is 10.6 Å². The van der Waals surface area contributed by atoms with Gasteiger partial charge in [-0.25, -0.2) is 0 Å². The summed E-state index contributed by atoms with van der Waals surface area (Å²) in [5, 5.41) is 6.14. The fourth-order valence-corrected chi connectivity index (χ4v) is 5.33. The maximum atomic E-state index is 12.8. The molecule has 2 N–H and O–H groups in total. The smallest absolute Gasteiger partial charge is 0.251 e. The lowest BCUT2D eigenvalue weighted by Crippen LogP contribution is -2.62. The molecule has 0 unspecified atom stereocenters. The molecule has 3 aliphatic rings. The number of carbonyl (C=O) groups excluding carboxylic acids is 2. The van der Waals surface area contributed by atoms with Crippen LogP contribution in [0.1, 0.15) is 37.0 Å². The highest BCUT2D eigenvalue weighted by atomic mass is 32.2. The Labute approximate surface area is 176 Å². The summed E-state index contributed by atoms with van der Waals surface area (Å²) in [6.45, 7) is 6.04. The normalized spacial score (nSPS) is 25.4. The van der Waals surface area contributed by atoms with Crippen LogP contribution in [0.3, 0.4) is 0 Å². The van der Waals surface area contributed by atoms with E-state index in [0.717, 1.165) is 28.6 Å². The summed E-state index contributed by atoms with van der Waals surface area (Å²) in [5.41, 5.74) is 1.48. The molecule has 3 aliphatic heterocycles. The molecule has 2 aromatic rings. The van der Waals surface area contributed by atoms with Gasteiger partial charge in [0.25, 0.3) is 5.91 Å². The molecule has 3 heterocycles. The fourth-order valence-electron chi connectivity index (χ4n) is 4.43. The number of benzene rings is 2. The largest absolute Gasteiger partial charge is 0.347 e. The number of rotatable bonds is 5. The quantitative estimate of drug-likeness (QED) is 0.783. The highest BCUT2D eigenvalue weighted by Gasteiger charge is 2.40. The maximum absolute atomic E-state index is 12.8. The number of hydrogen-bond acceptors (Lipinski definition) is 4. The van der Waals surface area contributed by atoms with E-state index in [1.54, 1.807) is 11.8 Å². The molecule has 152 valence electrons. The first-order valence-electron chi connectivity index (χ1n) is 10.2. The van der Waals surface area contributed by atoms with Crippen LogP contribution < -0.4 is 10.6 Å². The molecule has 3 fully saturated rings. The number of anilines is 1. The van der Waals surface area contributed by atoms with Gasteiger partial charge >= 0.3 is 0 Å². The highest BCUT2D eigenvalue weighted by molar-refractivity contribution is 7.99. The van der Waals surface area contributed by atoms with Crippen LogP contribution in [0.2, 0.25) is 0 Å². The molecule has 6 heteroatoms. The molecular formula is C23H27N3O2S. The van der Waals surface area contributed by atoms with Gasteiger partial charge in [0.05, 0.1) is 5.69 Å². The molecule has 5 nitrogen and oxygen atoms in total. The standard InChI is InChI=1S/C23H27N3O2S/c1-15-22(17-11-13-26(15)14-12-17)25-23(28)18-7-9-19(10-8-18)29-21-6-4-3-5-20(21)24-16(2)27/h3-10,15,17,22H,11-14H2,1-2H3,(H,24,27)(H,25,28)/t15-,22+/m1/s1. The summed E-state index contributed by atoms with van der Waals surface area (Å²) in [5.74, 6) is 0.511. The number of para-hydroxylation sites is 1. The molecule has 2 amide bonds. The average Bonchev–Trinajstić information content (AvgIpc) is 2.72. The second-order valence-corrected chi connectivity index (χ2v) is 9.03. The Morgan fingerprint density at radius 3 is 2.38 bits per heavy atom. The molecule has 0 spiro atoms. The minimum atomic E-state index is -0.0907. The lowest BCUT2D eigenvalue weighted by atomic mass is 9.79. The number of nitrogens with one attached hydrogen (secondary N) is 2. The first kappa shape index (κ1) is 20.0. The van der Waals surface area contributed by atoms with E-state index in [1.807, 2.05) is 48.5 Å². The van der Waals surface area contributed by atoms with Gasteiger partial charge in [-0.05, 0) is 75.2 Å². The molecule has 3 saturated heterocycles. The first-order chi connectivity index (χ1) is 14.0. The Kier molecular flexibility index (Phi) is 5.92. The minimum absolute atomic E-state index is 0.00537. The van der Waals surface area contributed by atoms with Crippen molar-refractivity contribution in [1.82, 2.24) is 10.2 Å². The Morgan fingerprint density at radius 2 is 1.72 bits per heavy atom. The summed E-state index contributed by atoms with van der Waals surface area (Å²) >= 11 is 1.57. The number of piperidine rings is 3. The van der Waals surface area contributed by atoms with E-state index in [2.05, 4.69) is 22.5 Å². The van der Waals surface area contributed by atoms with E-state index >= 15 is 0 Å². The van der Waals surface area contributed by atoms with Crippen LogP contribution in [0.15, 0.2) is 58.3 Å². The Bertz CT molecular complexity index is 889. The van der Waals surface area contributed by atoms with Crippen molar-refractivity contribution in [2.24, 2.45) is 5.92 Å². The lowest BCUT2D eigenvalue weighted by Gasteiger charge is -2.49. The topological polar surface area (TPSA) is 61.4 Å². The molecule has 29 heavy (non-hydrogen) atoms. The Morgan fingerprint density at radius 1 is 1.03 bits per heavy atom. The third-order valence-corrected chi connectivity index (χ3v) is 7.10. The number of fused-ring (bicyclic) bond motifs is 3. The predicted molar refractivity (Wildman–Crippen MR) is 116 cm³/mol. The summed E-state index contributed by atoms with van der Waals surface area (Å²) in [6.07, 6.45) is 2.36. The summed E-state index contributed by atoms with van der Waals surface area (Å²) in [4.78, 5) is 28.7. The molecule has 0 aliphatic carbocycles. The fraction of sp³-hybridized carbons (Fsp3) is 0.391. The predicted octanol–water partition coefficient (Wildman–Crippen LogP) is 4.01. The molecular weight excluding hydrogens is 382 g/mol. The summed E-state index contributed by atoms with van der Waals surface area (Å²) in [6, 6.07) is 16.0. The zero-order chi connectivity index (χ0) is 20.4. The van der Waals surface area contributed by atoms with Crippen molar-refractivity contribution >= 4 is 29.3 Å². The van der Waals surface area contributed by atoms with Crippen LogP contribution >= 0.6 is 11.8 Å². The SMILES string of the molecule is CC(=O)Nc1ccccc1Sc1ccc(C(=O)N[C@@H]2C3CCN(CC3)[C@@H]2C)cc1. The summed E-state index contributed by atoms with van der Waals surface area (Å²) in [7, 11) is 0. The van der Waals surface area contributed by atoms with Gasteiger partial charge in [-0.1, -0.05) is 23.9 Å². The molecule has 5 rings (SSSR count). The van der Waals surface area contributed by atoms with Crippen molar-refractivity contribution in [3.63, 3.8) is 0 Å². The number of nitrogens with zero attached hydrogens (tertiary/aromatic N) is 1. The van der Waals surface area contributed by atoms with E-state index in [-0.39, 0.29) is 17.9 Å². The Balaban J connectivity index is 1.42. The van der Waals surface area contributed by atoms with E-state index < -0.39 is 0 Å². The van der Waals surface area contributed by atoms with Crippen molar-refractivity contribution < 1.29 is 9.59 Å². The highest BCUT2D eigenvalue weighted by Crippen LogP contribution is 2.34. The molecule has 2 bridgehead atoms. The molecule has 0 aromatic heterocycles. The minimum Gasteiger partial charge on any atom is -0.347 e. The van der Waals surface area contributed by atoms with Crippen molar-refractivity contribution in [2.75, 3.05) is 18.4 Å². The number of carbonyl (C=O) groups is 2. The lowest BCUT2D eigenvalue weighted by molar-refractivity contribution is -0.114. The molecule has 2 aromatic carbocycles. The van der Waals surface area contributed by atoms with E-state index in [9.17, 15) is 9.59 Å². The second-order valence-electron chi connectivity index (χ2n) is 7.92. The molecule has 2 atom stereocenters. The van der Waals surface area contributed by atoms with Gasteiger partial charge in [0.15, 0.2) is 0 Å². The monoisotopic (exact) mass is 409 g/mol. The average molecular weight is 410 g/mol. The van der Waals surface area contributed by atoms with Crippen LogP contribution in [0.5, 0.6) is 0 Å². The van der Waals surface area contributed by atoms with Crippen LogP contribution in [-0.4, -0.2) is 41.9 Å². The maximum Gasteiger partial charge on any atom is 0.251 e. The van der Waals surface area contributed by atoms with Gasteiger partial charge in [-0.3, -0.25) is 14.5 Å². The van der Waals surface area contributed by atoms with E-state index in [0.29, 0.717) is 17.5 Å². The third-order valence-electron chi connectivity index (χ3n) is 6.02. The van der Waals surface area contributed by atoms with Gasteiger partial charge in [0.2, 0.25) is 5.91 Å². The number of amides is 2. The Hall–Kier alpha value is -2.31. The van der Waals surface area contributed by atoms with Crippen LogP contribution in [0.25, 0.3) is 0 Å². The number of hydrogen-bond donors (Lipinski definition) is 2. The summed E-state index contributed by atoms with van der Waals surface area (Å²) < 4.78 is 0. The molecule has 0 saturated carbocycles. The van der Waals surface area contributed by atoms with Gasteiger partial charge in [-0.2, -0.15) is 0 Å². The van der Waals surface area contributed by atoms with Crippen molar-refractivity contribution in [3.05, 3.63) is 54.1 Å². The zero-order valence-corrected chi connectivity index (χ0v) is 17.7. The van der Waals surface area contributed by atoms with Crippen LogP contribution in [-0.2, 0) is 4.79 Å². The van der Waals surface area contributed by atoms with Crippen molar-refractivity contribution in [3.8, 4) is 0 Å². The zero-order valence-electron chi connectivity index (χ0n) is 16.9. The third kappa shape index (κ3) is 4.49. The van der Waals surface area contributed by atoms with Crippen molar-refractivity contribution in [2.45, 2.75) is 48.6 Å². The van der Waals surface area contributed by atoms with Crippen LogP contribution in [0.4, 0.5) is 5.69 Å². The first-order valence-corrected chi connectivity index (χ1v) is 11.0.